The fraction of sp³-hybridized carbons (Fsp3) is 0.286. The minimum atomic E-state index is -1.09. The Morgan fingerprint density at radius 3 is 2.71 bits per heavy atom. The van der Waals surface area contributed by atoms with E-state index in [2.05, 4.69) is 31.1 Å². The molecule has 2 aromatic heterocycles. The molecule has 7 heteroatoms. The number of halogens is 1. The van der Waals surface area contributed by atoms with Crippen molar-refractivity contribution < 1.29 is 14.3 Å². The summed E-state index contributed by atoms with van der Waals surface area (Å²) >= 11 is 0. The van der Waals surface area contributed by atoms with Crippen molar-refractivity contribution in [2.24, 2.45) is 0 Å². The van der Waals surface area contributed by atoms with Gasteiger partial charge in [-0.3, -0.25) is 0 Å². The molecule has 0 bridgehead atoms. The smallest absolute Gasteiger partial charge is 0.339 e. The first kappa shape index (κ1) is 19.5. The van der Waals surface area contributed by atoms with Crippen molar-refractivity contribution in [1.82, 2.24) is 14.8 Å². The average molecular weight is 382 g/mol. The van der Waals surface area contributed by atoms with Gasteiger partial charge in [-0.2, -0.15) is 5.10 Å². The van der Waals surface area contributed by atoms with Crippen molar-refractivity contribution in [3.63, 3.8) is 0 Å². The molecular weight excluding hydrogens is 359 g/mol. The van der Waals surface area contributed by atoms with Gasteiger partial charge in [0, 0.05) is 17.7 Å². The fourth-order valence-corrected chi connectivity index (χ4v) is 2.78. The monoisotopic (exact) mass is 382 g/mol. The molecule has 0 amide bonds. The number of rotatable bonds is 6. The van der Waals surface area contributed by atoms with Crippen LogP contribution in [0.15, 0.2) is 42.6 Å². The Morgan fingerprint density at radius 2 is 2.04 bits per heavy atom. The summed E-state index contributed by atoms with van der Waals surface area (Å²) in [6.45, 7) is 8.09. The van der Waals surface area contributed by atoms with Crippen molar-refractivity contribution in [3.8, 4) is 5.69 Å². The van der Waals surface area contributed by atoms with E-state index in [1.165, 1.54) is 24.4 Å². The third kappa shape index (κ3) is 3.74. The Hall–Kier alpha value is -3.22. The lowest BCUT2D eigenvalue weighted by Gasteiger charge is -2.19. The van der Waals surface area contributed by atoms with Gasteiger partial charge in [0.1, 0.15) is 23.0 Å². The zero-order valence-electron chi connectivity index (χ0n) is 16.3. The summed E-state index contributed by atoms with van der Waals surface area (Å²) in [5, 5.41) is 17.2. The zero-order valence-corrected chi connectivity index (χ0v) is 16.3. The fourth-order valence-electron chi connectivity index (χ4n) is 2.78. The summed E-state index contributed by atoms with van der Waals surface area (Å²) < 4.78 is 15.5. The maximum Gasteiger partial charge on any atom is 0.339 e. The lowest BCUT2D eigenvalue weighted by molar-refractivity contribution is 0.0697. The second kappa shape index (κ2) is 7.42. The van der Waals surface area contributed by atoms with E-state index in [9.17, 15) is 14.3 Å². The molecule has 28 heavy (non-hydrogen) atoms. The van der Waals surface area contributed by atoms with Gasteiger partial charge in [-0.25, -0.2) is 18.9 Å². The van der Waals surface area contributed by atoms with E-state index in [4.69, 9.17) is 5.10 Å². The molecular formula is C21H23FN4O2. The molecule has 0 aliphatic rings. The lowest BCUT2D eigenvalue weighted by atomic mass is 9.87. The molecule has 0 aliphatic carbocycles. The highest BCUT2D eigenvalue weighted by molar-refractivity contribution is 5.93. The number of nitrogens with zero attached hydrogens (tertiary/aromatic N) is 3. The molecule has 146 valence electrons. The number of hydrogen-bond acceptors (Lipinski definition) is 4. The molecule has 0 aliphatic heterocycles. The highest BCUT2D eigenvalue weighted by Crippen LogP contribution is 2.31. The summed E-state index contributed by atoms with van der Waals surface area (Å²) in [6.07, 6.45) is 2.37. The number of carbonyl (C=O) groups is 1. The number of aromatic carboxylic acids is 1. The quantitative estimate of drug-likeness (QED) is 0.637. The Bertz CT molecular complexity index is 1030. The van der Waals surface area contributed by atoms with E-state index in [0.717, 1.165) is 17.7 Å². The first-order valence-electron chi connectivity index (χ1n) is 9.05. The predicted octanol–water partition coefficient (Wildman–Crippen LogP) is 4.84. The minimum Gasteiger partial charge on any atom is -0.478 e. The molecule has 0 radical (unpaired) electrons. The third-order valence-corrected chi connectivity index (χ3v) is 4.97. The topological polar surface area (TPSA) is 80.0 Å². The maximum absolute atomic E-state index is 13.9. The van der Waals surface area contributed by atoms with Crippen LogP contribution in [0.25, 0.3) is 5.69 Å². The van der Waals surface area contributed by atoms with Crippen LogP contribution in [0.5, 0.6) is 0 Å². The molecule has 6 nitrogen and oxygen atoms in total. The highest BCUT2D eigenvalue weighted by Gasteiger charge is 2.25. The van der Waals surface area contributed by atoms with Crippen LogP contribution in [0, 0.1) is 12.7 Å². The molecule has 2 N–H and O–H groups in total. The molecule has 0 atom stereocenters. The highest BCUT2D eigenvalue weighted by atomic mass is 19.1. The number of carboxylic acid groups (broad SMARTS) is 1. The van der Waals surface area contributed by atoms with Crippen LogP contribution in [0.1, 0.15) is 48.8 Å². The molecule has 0 fully saturated rings. The van der Waals surface area contributed by atoms with Crippen LogP contribution in [0.4, 0.5) is 16.0 Å². The molecule has 3 aromatic rings. The van der Waals surface area contributed by atoms with Crippen LogP contribution in [0.3, 0.4) is 0 Å². The van der Waals surface area contributed by atoms with E-state index < -0.39 is 5.97 Å². The molecule has 0 saturated heterocycles. The SMILES string of the molecule is CCC(C)(C)c1cc(Nc2ncccc2C(=O)O)n(-c2cc(F)ccc2C)n1. The molecule has 0 unspecified atom stereocenters. The van der Waals surface area contributed by atoms with Gasteiger partial charge in [0.25, 0.3) is 0 Å². The van der Waals surface area contributed by atoms with E-state index >= 15 is 0 Å². The van der Waals surface area contributed by atoms with Gasteiger partial charge in [0.2, 0.25) is 0 Å². The van der Waals surface area contributed by atoms with Gasteiger partial charge < -0.3 is 10.4 Å². The maximum atomic E-state index is 13.9. The number of anilines is 2. The molecule has 0 spiro atoms. The zero-order chi connectivity index (χ0) is 20.5. The minimum absolute atomic E-state index is 0.0440. The number of carboxylic acids is 1. The number of benzene rings is 1. The molecule has 0 saturated carbocycles. The average Bonchev–Trinajstić information content (AvgIpc) is 3.08. The van der Waals surface area contributed by atoms with Crippen LogP contribution in [-0.2, 0) is 5.41 Å². The summed E-state index contributed by atoms with van der Waals surface area (Å²) in [5.41, 5.74) is 2.07. The Labute approximate surface area is 163 Å². The summed E-state index contributed by atoms with van der Waals surface area (Å²) in [6, 6.07) is 9.38. The van der Waals surface area contributed by atoms with E-state index in [1.54, 1.807) is 16.8 Å². The van der Waals surface area contributed by atoms with Gasteiger partial charge in [-0.15, -0.1) is 0 Å². The number of aromatic nitrogens is 3. The summed E-state index contributed by atoms with van der Waals surface area (Å²) in [7, 11) is 0. The first-order chi connectivity index (χ1) is 13.2. The van der Waals surface area contributed by atoms with Crippen LogP contribution < -0.4 is 5.32 Å². The van der Waals surface area contributed by atoms with E-state index in [1.807, 2.05) is 13.0 Å². The van der Waals surface area contributed by atoms with Gasteiger partial charge in [0.15, 0.2) is 0 Å². The molecule has 3 rings (SSSR count). The van der Waals surface area contributed by atoms with Crippen molar-refractivity contribution >= 4 is 17.6 Å². The van der Waals surface area contributed by atoms with Gasteiger partial charge in [-0.05, 0) is 43.2 Å². The first-order valence-corrected chi connectivity index (χ1v) is 9.05. The number of hydrogen-bond donors (Lipinski definition) is 2. The Kier molecular flexibility index (Phi) is 5.18. The predicted molar refractivity (Wildman–Crippen MR) is 106 cm³/mol. The lowest BCUT2D eigenvalue weighted by Crippen LogP contribution is -2.16. The second-order valence-electron chi connectivity index (χ2n) is 7.32. The van der Waals surface area contributed by atoms with Crippen molar-refractivity contribution in [3.05, 3.63) is 65.2 Å². The standard InChI is InChI=1S/C21H23FN4O2/c1-5-21(3,4)17-12-18(24-19-15(20(27)28)7-6-10-23-19)26(25-17)16-11-14(22)9-8-13(16)2/h6-12H,5H2,1-4H3,(H,23,24)(H,27,28). The van der Waals surface area contributed by atoms with Crippen molar-refractivity contribution in [2.75, 3.05) is 5.32 Å². The third-order valence-electron chi connectivity index (χ3n) is 4.97. The van der Waals surface area contributed by atoms with Crippen molar-refractivity contribution in [1.29, 1.82) is 0 Å². The van der Waals surface area contributed by atoms with E-state index in [0.29, 0.717) is 11.5 Å². The summed E-state index contributed by atoms with van der Waals surface area (Å²) in [4.78, 5) is 15.7. The van der Waals surface area contributed by atoms with Crippen LogP contribution in [0.2, 0.25) is 0 Å². The van der Waals surface area contributed by atoms with E-state index in [-0.39, 0.29) is 22.6 Å². The summed E-state index contributed by atoms with van der Waals surface area (Å²) in [5.74, 6) is -0.738. The van der Waals surface area contributed by atoms with Gasteiger partial charge in [0.05, 0.1) is 11.4 Å². The number of pyridine rings is 1. The number of nitrogens with one attached hydrogen (secondary N) is 1. The van der Waals surface area contributed by atoms with Crippen LogP contribution in [-0.4, -0.2) is 25.8 Å². The largest absolute Gasteiger partial charge is 0.478 e. The Morgan fingerprint density at radius 1 is 1.29 bits per heavy atom. The molecule has 1 aromatic carbocycles. The second-order valence-corrected chi connectivity index (χ2v) is 7.32. The number of aryl methyl sites for hydroxylation is 1. The van der Waals surface area contributed by atoms with Crippen LogP contribution >= 0.6 is 0 Å². The van der Waals surface area contributed by atoms with Crippen molar-refractivity contribution in [2.45, 2.75) is 39.5 Å². The Balaban J connectivity index is 2.17. The van der Waals surface area contributed by atoms with Gasteiger partial charge in [-0.1, -0.05) is 26.8 Å². The normalized spacial score (nSPS) is 11.5. The van der Waals surface area contributed by atoms with Gasteiger partial charge >= 0.3 is 5.97 Å². The molecule has 2 heterocycles.